The van der Waals surface area contributed by atoms with Crippen LogP contribution in [-0.4, -0.2) is 33.0 Å². The quantitative estimate of drug-likeness (QED) is 0.321. The third kappa shape index (κ3) is 3.69. The van der Waals surface area contributed by atoms with Crippen molar-refractivity contribution in [2.24, 2.45) is 0 Å². The van der Waals surface area contributed by atoms with Gasteiger partial charge in [0.25, 0.3) is 0 Å². The fourth-order valence-electron chi connectivity index (χ4n) is 1.53. The molecule has 3 N–H and O–H groups in total. The average molecular weight is 308 g/mol. The van der Waals surface area contributed by atoms with E-state index in [4.69, 9.17) is 14.6 Å². The largest absolute Gasteiger partial charge is 0.512 e. The van der Waals surface area contributed by atoms with E-state index in [-0.39, 0.29) is 0 Å². The van der Waals surface area contributed by atoms with Crippen LogP contribution in [0.1, 0.15) is 40.3 Å². The normalized spacial score (nSPS) is 12.1. The molecule has 1 aromatic rings. The maximum Gasteiger partial charge on any atom is 0.347 e. The average Bonchev–Trinajstić information content (AvgIpc) is 2.37. The zero-order valence-corrected chi connectivity index (χ0v) is 11.6. The van der Waals surface area contributed by atoms with Crippen molar-refractivity contribution in [1.29, 1.82) is 0 Å². The standard InChI is InChI=1S/C14H12O8/c1-6(15)8(12(17)18)3-4-11-10(13(19)20)5-9(7(2)16)14(21)22-11/h3-5,15H,1-2H3,(H,17,18)(H,19,20). The second-order valence-electron chi connectivity index (χ2n) is 4.22. The van der Waals surface area contributed by atoms with E-state index in [1.165, 1.54) is 0 Å². The van der Waals surface area contributed by atoms with Crippen molar-refractivity contribution in [2.45, 2.75) is 13.8 Å². The number of ketones is 1. The summed E-state index contributed by atoms with van der Waals surface area (Å²) in [6, 6.07) is 0.853. The van der Waals surface area contributed by atoms with Crippen LogP contribution in [0.25, 0.3) is 6.08 Å². The van der Waals surface area contributed by atoms with Crippen molar-refractivity contribution < 1.29 is 34.1 Å². The lowest BCUT2D eigenvalue weighted by Crippen LogP contribution is -2.15. The number of Topliss-reactive ketones (excluding diaryl/α,β-unsaturated/α-hetero) is 1. The Hall–Kier alpha value is -3.16. The summed E-state index contributed by atoms with van der Waals surface area (Å²) in [5.74, 6) is -4.53. The van der Waals surface area contributed by atoms with Gasteiger partial charge in [-0.2, -0.15) is 0 Å². The van der Waals surface area contributed by atoms with Crippen LogP contribution in [0.3, 0.4) is 0 Å². The van der Waals surface area contributed by atoms with E-state index in [0.717, 1.165) is 32.1 Å². The molecule has 1 heterocycles. The van der Waals surface area contributed by atoms with Crippen LogP contribution in [0.2, 0.25) is 0 Å². The van der Waals surface area contributed by atoms with E-state index in [2.05, 4.69) is 0 Å². The van der Waals surface area contributed by atoms with Crippen molar-refractivity contribution in [2.75, 3.05) is 0 Å². The summed E-state index contributed by atoms with van der Waals surface area (Å²) >= 11 is 0. The highest BCUT2D eigenvalue weighted by molar-refractivity contribution is 5.98. The lowest BCUT2D eigenvalue weighted by atomic mass is 10.1. The van der Waals surface area contributed by atoms with Gasteiger partial charge in [-0.25, -0.2) is 14.4 Å². The monoisotopic (exact) mass is 308 g/mol. The van der Waals surface area contributed by atoms with E-state index < -0.39 is 51.6 Å². The Morgan fingerprint density at radius 2 is 1.68 bits per heavy atom. The SMILES string of the molecule is CC(=O)c1cc(C(=O)O)c(C=CC(C(=O)O)=C(C)O)oc1=O. The number of carbonyl (C=O) groups is 3. The van der Waals surface area contributed by atoms with Crippen LogP contribution in [0.15, 0.2) is 32.7 Å². The number of carboxylic acid groups (broad SMARTS) is 2. The van der Waals surface area contributed by atoms with Gasteiger partial charge in [0.05, 0.1) is 5.57 Å². The Labute approximate surface area is 123 Å². The minimum absolute atomic E-state index is 0.429. The van der Waals surface area contributed by atoms with Crippen molar-refractivity contribution in [1.82, 2.24) is 0 Å². The van der Waals surface area contributed by atoms with Gasteiger partial charge >= 0.3 is 17.6 Å². The lowest BCUT2D eigenvalue weighted by Gasteiger charge is -2.02. The number of aromatic carboxylic acids is 1. The first kappa shape index (κ1) is 16.9. The molecule has 8 nitrogen and oxygen atoms in total. The molecular formula is C14H12O8. The fourth-order valence-corrected chi connectivity index (χ4v) is 1.53. The molecule has 0 fully saturated rings. The number of carbonyl (C=O) groups excluding carboxylic acids is 1. The molecule has 0 aromatic carbocycles. The second kappa shape index (κ2) is 6.53. The minimum atomic E-state index is -1.47. The Morgan fingerprint density at radius 1 is 1.09 bits per heavy atom. The van der Waals surface area contributed by atoms with Gasteiger partial charge in [-0.1, -0.05) is 0 Å². The van der Waals surface area contributed by atoms with Crippen LogP contribution in [0.4, 0.5) is 0 Å². The van der Waals surface area contributed by atoms with E-state index in [0.29, 0.717) is 0 Å². The third-order valence-electron chi connectivity index (χ3n) is 2.61. The zero-order chi connectivity index (χ0) is 17.0. The number of rotatable bonds is 5. The maximum absolute atomic E-state index is 11.6. The van der Waals surface area contributed by atoms with Crippen molar-refractivity contribution in [3.63, 3.8) is 0 Å². The highest BCUT2D eigenvalue weighted by atomic mass is 16.4. The van der Waals surface area contributed by atoms with E-state index in [9.17, 15) is 24.3 Å². The molecule has 0 radical (unpaired) electrons. The molecule has 0 aliphatic carbocycles. The van der Waals surface area contributed by atoms with Gasteiger partial charge in [-0.05, 0) is 32.1 Å². The number of aliphatic carboxylic acids is 1. The van der Waals surface area contributed by atoms with Crippen LogP contribution in [0, 0.1) is 0 Å². The molecule has 0 aliphatic rings. The summed E-state index contributed by atoms with van der Waals surface area (Å²) < 4.78 is 4.73. The fraction of sp³-hybridized carbons (Fsp3) is 0.143. The summed E-state index contributed by atoms with van der Waals surface area (Å²) in [6.07, 6.45) is 1.80. The first-order valence-electron chi connectivity index (χ1n) is 5.88. The number of carboxylic acids is 2. The summed E-state index contributed by atoms with van der Waals surface area (Å²) in [4.78, 5) is 44.8. The van der Waals surface area contributed by atoms with Crippen molar-refractivity contribution in [3.05, 3.63) is 50.8 Å². The highest BCUT2D eigenvalue weighted by Crippen LogP contribution is 2.14. The van der Waals surface area contributed by atoms with Gasteiger partial charge in [0, 0.05) is 0 Å². The van der Waals surface area contributed by atoms with Crippen LogP contribution >= 0.6 is 0 Å². The van der Waals surface area contributed by atoms with E-state index in [1.54, 1.807) is 0 Å². The van der Waals surface area contributed by atoms with Crippen LogP contribution in [-0.2, 0) is 4.79 Å². The molecule has 116 valence electrons. The first-order chi connectivity index (χ1) is 10.1. The second-order valence-corrected chi connectivity index (χ2v) is 4.22. The third-order valence-corrected chi connectivity index (χ3v) is 2.61. The van der Waals surface area contributed by atoms with Gasteiger partial charge in [0.15, 0.2) is 5.78 Å². The molecule has 1 aromatic heterocycles. The molecule has 0 amide bonds. The Bertz CT molecular complexity index is 760. The molecule has 0 bridgehead atoms. The topological polar surface area (TPSA) is 142 Å². The molecule has 0 aliphatic heterocycles. The minimum Gasteiger partial charge on any atom is -0.512 e. The summed E-state index contributed by atoms with van der Waals surface area (Å²) in [7, 11) is 0. The highest BCUT2D eigenvalue weighted by Gasteiger charge is 2.18. The number of aliphatic hydroxyl groups excluding tert-OH is 1. The number of allylic oxidation sites excluding steroid dienone is 1. The van der Waals surface area contributed by atoms with Gasteiger partial charge in [0.2, 0.25) is 0 Å². The Balaban J connectivity index is 3.49. The summed E-state index contributed by atoms with van der Waals surface area (Å²) in [5.41, 5.74) is -2.46. The molecule has 0 saturated heterocycles. The number of aliphatic hydroxyl groups is 1. The van der Waals surface area contributed by atoms with Gasteiger partial charge in [0.1, 0.15) is 22.6 Å². The number of hydrogen-bond acceptors (Lipinski definition) is 6. The molecule has 0 unspecified atom stereocenters. The van der Waals surface area contributed by atoms with E-state index >= 15 is 0 Å². The Kier molecular flexibility index (Phi) is 5.01. The lowest BCUT2D eigenvalue weighted by molar-refractivity contribution is -0.132. The van der Waals surface area contributed by atoms with E-state index in [1.807, 2.05) is 0 Å². The molecule has 0 saturated carbocycles. The van der Waals surface area contributed by atoms with Crippen LogP contribution in [0.5, 0.6) is 0 Å². The van der Waals surface area contributed by atoms with Crippen LogP contribution < -0.4 is 5.63 Å². The van der Waals surface area contributed by atoms with Crippen molar-refractivity contribution >= 4 is 23.8 Å². The molecule has 1 rings (SSSR count). The molecule has 0 atom stereocenters. The smallest absolute Gasteiger partial charge is 0.347 e. The summed E-state index contributed by atoms with van der Waals surface area (Å²) in [5, 5.41) is 27.1. The predicted octanol–water partition coefficient (Wildman–Crippen LogP) is 1.47. The molecular weight excluding hydrogens is 296 g/mol. The van der Waals surface area contributed by atoms with Gasteiger partial charge in [-0.15, -0.1) is 0 Å². The van der Waals surface area contributed by atoms with Gasteiger partial charge < -0.3 is 19.7 Å². The molecule has 22 heavy (non-hydrogen) atoms. The first-order valence-corrected chi connectivity index (χ1v) is 5.88. The zero-order valence-electron chi connectivity index (χ0n) is 11.6. The molecule has 0 spiro atoms. The van der Waals surface area contributed by atoms with Gasteiger partial charge in [-0.3, -0.25) is 4.79 Å². The summed E-state index contributed by atoms with van der Waals surface area (Å²) in [6.45, 7) is 2.20. The predicted molar refractivity (Wildman–Crippen MR) is 73.9 cm³/mol. The Morgan fingerprint density at radius 3 is 2.09 bits per heavy atom. The molecule has 8 heteroatoms. The number of hydrogen-bond donors (Lipinski definition) is 3. The van der Waals surface area contributed by atoms with Crippen molar-refractivity contribution in [3.8, 4) is 0 Å². The maximum atomic E-state index is 11.6.